The predicted molar refractivity (Wildman–Crippen MR) is 112 cm³/mol. The van der Waals surface area contributed by atoms with Gasteiger partial charge in [-0.1, -0.05) is 31.4 Å². The third-order valence-corrected chi connectivity index (χ3v) is 5.74. The number of allylic oxidation sites excluding steroid dienone is 3. The van der Waals surface area contributed by atoms with E-state index in [-0.39, 0.29) is 11.1 Å². The number of piperazine rings is 1. The Bertz CT molecular complexity index is 1020. The van der Waals surface area contributed by atoms with Crippen molar-refractivity contribution in [2.45, 2.75) is 24.9 Å². The molecule has 146 valence electrons. The summed E-state index contributed by atoms with van der Waals surface area (Å²) < 4.78 is 7.00. The maximum absolute atomic E-state index is 13.4. The molecule has 2 aromatic rings. The van der Waals surface area contributed by atoms with Crippen molar-refractivity contribution < 1.29 is 4.74 Å². The molecule has 2 fully saturated rings. The van der Waals surface area contributed by atoms with Gasteiger partial charge < -0.3 is 10.1 Å². The van der Waals surface area contributed by atoms with E-state index >= 15 is 0 Å². The van der Waals surface area contributed by atoms with Gasteiger partial charge in [-0.2, -0.15) is 0 Å². The van der Waals surface area contributed by atoms with Crippen LogP contribution in [-0.2, 0) is 11.3 Å². The first kappa shape index (κ1) is 18.7. The van der Waals surface area contributed by atoms with Crippen LogP contribution in [0, 0.1) is 0 Å². The Morgan fingerprint density at radius 3 is 2.89 bits per heavy atom. The van der Waals surface area contributed by atoms with Gasteiger partial charge in [-0.3, -0.25) is 14.3 Å². The van der Waals surface area contributed by atoms with Gasteiger partial charge in [-0.05, 0) is 31.1 Å². The molecule has 1 spiro atoms. The van der Waals surface area contributed by atoms with E-state index in [1.807, 2.05) is 18.2 Å². The summed E-state index contributed by atoms with van der Waals surface area (Å²) >= 11 is 0. The van der Waals surface area contributed by atoms with Gasteiger partial charge >= 0.3 is 0 Å². The van der Waals surface area contributed by atoms with Gasteiger partial charge in [-0.15, -0.1) is 0 Å². The lowest BCUT2D eigenvalue weighted by Crippen LogP contribution is -2.53. The SMILES string of the molecule is C=C/C=C(\C(=C)OC)n1c(CN2CCNCC23CC3)nc2ccccc2c1=O. The fourth-order valence-corrected chi connectivity index (χ4v) is 3.98. The average molecular weight is 378 g/mol. The zero-order chi connectivity index (χ0) is 19.7. The molecule has 0 bridgehead atoms. The lowest BCUT2D eigenvalue weighted by Gasteiger charge is -2.36. The van der Waals surface area contributed by atoms with Crippen LogP contribution in [0.1, 0.15) is 18.7 Å². The number of aromatic nitrogens is 2. The normalized spacial score (nSPS) is 19.0. The minimum Gasteiger partial charge on any atom is -0.495 e. The Labute approximate surface area is 164 Å². The first-order valence-corrected chi connectivity index (χ1v) is 9.62. The quantitative estimate of drug-likeness (QED) is 0.618. The van der Waals surface area contributed by atoms with Crippen LogP contribution < -0.4 is 10.9 Å². The summed E-state index contributed by atoms with van der Waals surface area (Å²) in [5.74, 6) is 1.10. The molecule has 1 aromatic heterocycles. The third-order valence-electron chi connectivity index (χ3n) is 5.74. The van der Waals surface area contributed by atoms with Crippen LogP contribution in [0.2, 0.25) is 0 Å². The Morgan fingerprint density at radius 2 is 2.18 bits per heavy atom. The van der Waals surface area contributed by atoms with Crippen LogP contribution in [0.15, 0.2) is 60.1 Å². The molecule has 1 aliphatic heterocycles. The zero-order valence-electron chi connectivity index (χ0n) is 16.3. The predicted octanol–water partition coefficient (Wildman–Crippen LogP) is 2.52. The number of para-hydroxylation sites is 1. The van der Waals surface area contributed by atoms with Gasteiger partial charge in [-0.25, -0.2) is 4.98 Å². The number of hydrogen-bond donors (Lipinski definition) is 1. The number of ether oxygens (including phenoxy) is 1. The third kappa shape index (κ3) is 3.19. The number of nitrogens with one attached hydrogen (secondary N) is 1. The second-order valence-corrected chi connectivity index (χ2v) is 7.42. The standard InChI is InChI=1S/C22H26N4O2/c1-4-7-19(16(2)28-3)26-20(14-25-13-12-23-15-22(25)10-11-22)24-18-9-6-5-8-17(18)21(26)27/h4-9,23H,1-2,10-15H2,3H3/b19-7+. The number of rotatable bonds is 6. The van der Waals surface area contributed by atoms with Crippen molar-refractivity contribution in [3.63, 3.8) is 0 Å². The molecule has 1 saturated heterocycles. The van der Waals surface area contributed by atoms with Crippen LogP contribution in [0.25, 0.3) is 16.6 Å². The Kier molecular flexibility index (Phi) is 4.91. The number of benzene rings is 1. The van der Waals surface area contributed by atoms with Crippen LogP contribution in [0.4, 0.5) is 0 Å². The molecule has 1 aliphatic carbocycles. The van der Waals surface area contributed by atoms with Gasteiger partial charge in [0.05, 0.1) is 30.3 Å². The highest BCUT2D eigenvalue weighted by Crippen LogP contribution is 2.43. The van der Waals surface area contributed by atoms with Crippen molar-refractivity contribution in [2.75, 3.05) is 26.7 Å². The summed E-state index contributed by atoms with van der Waals surface area (Å²) in [6.45, 7) is 11.2. The van der Waals surface area contributed by atoms with Gasteiger partial charge in [0, 0.05) is 25.2 Å². The van der Waals surface area contributed by atoms with Crippen molar-refractivity contribution in [3.8, 4) is 0 Å². The minimum absolute atomic E-state index is 0.119. The van der Waals surface area contributed by atoms with E-state index < -0.39 is 0 Å². The van der Waals surface area contributed by atoms with Gasteiger partial charge in [0.1, 0.15) is 11.6 Å². The fraction of sp³-hybridized carbons (Fsp3) is 0.364. The molecule has 0 atom stereocenters. The lowest BCUT2D eigenvalue weighted by molar-refractivity contribution is 0.130. The number of methoxy groups -OCH3 is 1. The Hall–Kier alpha value is -2.70. The van der Waals surface area contributed by atoms with Crippen molar-refractivity contribution in [3.05, 3.63) is 71.5 Å². The average Bonchev–Trinajstić information content (AvgIpc) is 3.48. The molecular weight excluding hydrogens is 352 g/mol. The molecule has 1 aromatic carbocycles. The topological polar surface area (TPSA) is 59.4 Å². The van der Waals surface area contributed by atoms with E-state index in [0.717, 1.165) is 19.6 Å². The van der Waals surface area contributed by atoms with Crippen LogP contribution >= 0.6 is 0 Å². The summed E-state index contributed by atoms with van der Waals surface area (Å²) in [6, 6.07) is 7.45. The Balaban J connectivity index is 1.88. The molecule has 2 heterocycles. The van der Waals surface area contributed by atoms with Crippen LogP contribution in [-0.4, -0.2) is 46.7 Å². The van der Waals surface area contributed by atoms with E-state index in [1.165, 1.54) is 12.8 Å². The van der Waals surface area contributed by atoms with Crippen molar-refractivity contribution in [1.29, 1.82) is 0 Å². The van der Waals surface area contributed by atoms with Crippen LogP contribution in [0.3, 0.4) is 0 Å². The summed E-state index contributed by atoms with van der Waals surface area (Å²) in [6.07, 6.45) is 5.74. The van der Waals surface area contributed by atoms with Crippen molar-refractivity contribution >= 4 is 16.6 Å². The molecule has 28 heavy (non-hydrogen) atoms. The molecular formula is C22H26N4O2. The van der Waals surface area contributed by atoms with Crippen LogP contribution in [0.5, 0.6) is 0 Å². The molecule has 4 rings (SSSR count). The zero-order valence-corrected chi connectivity index (χ0v) is 16.3. The molecule has 6 nitrogen and oxygen atoms in total. The first-order chi connectivity index (χ1) is 13.6. The highest BCUT2D eigenvalue weighted by atomic mass is 16.5. The molecule has 0 amide bonds. The second kappa shape index (κ2) is 7.37. The monoisotopic (exact) mass is 378 g/mol. The highest BCUT2D eigenvalue weighted by Gasteiger charge is 2.49. The molecule has 1 N–H and O–H groups in total. The van der Waals surface area contributed by atoms with Gasteiger partial charge in [0.2, 0.25) is 0 Å². The first-order valence-electron chi connectivity index (χ1n) is 9.62. The van der Waals surface area contributed by atoms with Crippen molar-refractivity contribution in [1.82, 2.24) is 19.8 Å². The highest BCUT2D eigenvalue weighted by molar-refractivity contribution is 5.79. The number of nitrogens with zero attached hydrogens (tertiary/aromatic N) is 3. The maximum atomic E-state index is 13.4. The molecule has 2 aliphatic rings. The lowest BCUT2D eigenvalue weighted by atomic mass is 10.1. The maximum Gasteiger partial charge on any atom is 0.266 e. The van der Waals surface area contributed by atoms with E-state index in [1.54, 1.807) is 29.9 Å². The van der Waals surface area contributed by atoms with E-state index in [9.17, 15) is 4.79 Å². The second-order valence-electron chi connectivity index (χ2n) is 7.42. The number of hydrogen-bond acceptors (Lipinski definition) is 5. The van der Waals surface area contributed by atoms with E-state index in [2.05, 4.69) is 23.4 Å². The number of fused-ring (bicyclic) bond motifs is 1. The van der Waals surface area contributed by atoms with Gasteiger partial charge in [0.15, 0.2) is 0 Å². The van der Waals surface area contributed by atoms with E-state index in [4.69, 9.17) is 9.72 Å². The molecule has 1 saturated carbocycles. The smallest absolute Gasteiger partial charge is 0.266 e. The van der Waals surface area contributed by atoms with Crippen molar-refractivity contribution in [2.24, 2.45) is 0 Å². The summed E-state index contributed by atoms with van der Waals surface area (Å²) in [7, 11) is 1.55. The molecule has 0 radical (unpaired) electrons. The summed E-state index contributed by atoms with van der Waals surface area (Å²) in [5.41, 5.74) is 1.36. The van der Waals surface area contributed by atoms with Gasteiger partial charge in [0.25, 0.3) is 5.56 Å². The minimum atomic E-state index is -0.119. The molecule has 6 heteroatoms. The Morgan fingerprint density at radius 1 is 1.39 bits per heavy atom. The summed E-state index contributed by atoms with van der Waals surface area (Å²) in [5, 5.41) is 4.07. The van der Waals surface area contributed by atoms with E-state index in [0.29, 0.717) is 34.7 Å². The largest absolute Gasteiger partial charge is 0.495 e. The summed E-state index contributed by atoms with van der Waals surface area (Å²) in [4.78, 5) is 20.8. The fourth-order valence-electron chi connectivity index (χ4n) is 3.98. The molecule has 0 unspecified atom stereocenters.